The molecule has 1 N–H and O–H groups in total. The van der Waals surface area contributed by atoms with E-state index < -0.39 is 0 Å². The van der Waals surface area contributed by atoms with Gasteiger partial charge in [-0.15, -0.1) is 0 Å². The number of piperazine rings is 1. The minimum Gasteiger partial charge on any atom is -0.495 e. The highest BCUT2D eigenvalue weighted by Gasteiger charge is 2.29. The van der Waals surface area contributed by atoms with Crippen molar-refractivity contribution in [1.82, 2.24) is 4.90 Å². The number of carbonyl (C=O) groups excluding carboxylic acids is 2. The van der Waals surface area contributed by atoms with Gasteiger partial charge in [-0.1, -0.05) is 37.6 Å². The molecule has 0 bridgehead atoms. The second-order valence-electron chi connectivity index (χ2n) is 7.91. The number of furan rings is 1. The zero-order chi connectivity index (χ0) is 22.5. The summed E-state index contributed by atoms with van der Waals surface area (Å²) in [5.74, 6) is 0.712. The molecule has 1 aliphatic heterocycles. The summed E-state index contributed by atoms with van der Waals surface area (Å²) in [5.41, 5.74) is 2.09. The SMILES string of the molecule is CCCCC(=O)Nc1c(C(=O)N2CCN(c3ccccc3OC)CC2)oc2ccccc12. The Morgan fingerprint density at radius 1 is 1.03 bits per heavy atom. The van der Waals surface area contributed by atoms with Crippen molar-refractivity contribution in [2.75, 3.05) is 43.5 Å². The van der Waals surface area contributed by atoms with Crippen LogP contribution in [0.1, 0.15) is 36.7 Å². The summed E-state index contributed by atoms with van der Waals surface area (Å²) in [6.45, 7) is 4.52. The van der Waals surface area contributed by atoms with Crippen LogP contribution < -0.4 is 15.0 Å². The number of carbonyl (C=O) groups is 2. The maximum Gasteiger partial charge on any atom is 0.291 e. The van der Waals surface area contributed by atoms with Crippen molar-refractivity contribution >= 4 is 34.2 Å². The standard InChI is InChI=1S/C25H29N3O4/c1-3-4-13-22(29)26-23-18-9-5-7-11-20(18)32-24(23)25(30)28-16-14-27(15-17-28)19-10-6-8-12-21(19)31-2/h5-12H,3-4,13-17H2,1-2H3,(H,26,29). The number of anilines is 2. The van der Waals surface area contributed by atoms with Gasteiger partial charge in [0.15, 0.2) is 0 Å². The van der Waals surface area contributed by atoms with E-state index in [0.29, 0.717) is 43.9 Å². The number of hydrogen-bond acceptors (Lipinski definition) is 5. The second kappa shape index (κ2) is 9.77. The molecule has 2 heterocycles. The van der Waals surface area contributed by atoms with Crippen molar-refractivity contribution < 1.29 is 18.7 Å². The molecule has 7 heteroatoms. The highest BCUT2D eigenvalue weighted by Crippen LogP contribution is 2.33. The Morgan fingerprint density at radius 2 is 1.75 bits per heavy atom. The Hall–Kier alpha value is -3.48. The zero-order valence-electron chi connectivity index (χ0n) is 18.6. The Balaban J connectivity index is 1.53. The van der Waals surface area contributed by atoms with Crippen molar-refractivity contribution in [1.29, 1.82) is 0 Å². The third-order valence-electron chi connectivity index (χ3n) is 5.80. The van der Waals surface area contributed by atoms with E-state index in [1.807, 2.05) is 55.5 Å². The molecule has 0 aliphatic carbocycles. The molecule has 7 nitrogen and oxygen atoms in total. The van der Waals surface area contributed by atoms with Crippen LogP contribution in [-0.2, 0) is 4.79 Å². The number of ether oxygens (including phenoxy) is 1. The third-order valence-corrected chi connectivity index (χ3v) is 5.80. The first-order valence-corrected chi connectivity index (χ1v) is 11.1. The Bertz CT molecular complexity index is 1100. The number of benzene rings is 2. The average molecular weight is 436 g/mol. The van der Waals surface area contributed by atoms with Crippen LogP contribution in [-0.4, -0.2) is 50.0 Å². The largest absolute Gasteiger partial charge is 0.495 e. The molecule has 1 aliphatic rings. The summed E-state index contributed by atoms with van der Waals surface area (Å²) in [5, 5.41) is 3.67. The van der Waals surface area contributed by atoms with Crippen LogP contribution in [0.15, 0.2) is 52.9 Å². The zero-order valence-corrected chi connectivity index (χ0v) is 18.6. The molecule has 0 unspecified atom stereocenters. The predicted molar refractivity (Wildman–Crippen MR) is 125 cm³/mol. The average Bonchev–Trinajstić information content (AvgIpc) is 3.20. The van der Waals surface area contributed by atoms with Crippen LogP contribution >= 0.6 is 0 Å². The lowest BCUT2D eigenvalue weighted by Gasteiger charge is -2.36. The lowest BCUT2D eigenvalue weighted by Crippen LogP contribution is -2.49. The topological polar surface area (TPSA) is 75.0 Å². The lowest BCUT2D eigenvalue weighted by atomic mass is 10.1. The summed E-state index contributed by atoms with van der Waals surface area (Å²) in [4.78, 5) is 29.8. The van der Waals surface area contributed by atoms with Gasteiger partial charge in [-0.25, -0.2) is 0 Å². The quantitative estimate of drug-likeness (QED) is 0.590. The first kappa shape index (κ1) is 21.7. The monoisotopic (exact) mass is 435 g/mol. The van der Waals surface area contributed by atoms with Crippen LogP contribution in [0.25, 0.3) is 11.0 Å². The molecule has 2 amide bonds. The summed E-state index contributed by atoms with van der Waals surface area (Å²) in [7, 11) is 1.66. The number of nitrogens with one attached hydrogen (secondary N) is 1. The van der Waals surface area contributed by atoms with Gasteiger partial charge < -0.3 is 24.3 Å². The first-order valence-electron chi connectivity index (χ1n) is 11.1. The summed E-state index contributed by atoms with van der Waals surface area (Å²) in [6, 6.07) is 15.3. The Labute approximate surface area is 187 Å². The van der Waals surface area contributed by atoms with Gasteiger partial charge in [-0.2, -0.15) is 0 Å². The highest BCUT2D eigenvalue weighted by atomic mass is 16.5. The fourth-order valence-electron chi connectivity index (χ4n) is 4.04. The maximum absolute atomic E-state index is 13.4. The molecule has 168 valence electrons. The Morgan fingerprint density at radius 3 is 2.50 bits per heavy atom. The lowest BCUT2D eigenvalue weighted by molar-refractivity contribution is -0.116. The van der Waals surface area contributed by atoms with Gasteiger partial charge in [0.05, 0.1) is 12.8 Å². The number of unbranched alkanes of at least 4 members (excludes halogenated alkanes) is 1. The van der Waals surface area contributed by atoms with E-state index in [2.05, 4.69) is 10.2 Å². The molecule has 4 rings (SSSR count). The molecule has 2 aromatic carbocycles. The fourth-order valence-corrected chi connectivity index (χ4v) is 4.04. The van der Waals surface area contributed by atoms with Gasteiger partial charge in [0.1, 0.15) is 17.0 Å². The van der Waals surface area contributed by atoms with E-state index in [-0.39, 0.29) is 17.6 Å². The molecule has 1 fully saturated rings. The first-order chi connectivity index (χ1) is 15.6. The molecule has 0 spiro atoms. The molecule has 1 aromatic heterocycles. The van der Waals surface area contributed by atoms with Gasteiger partial charge in [-0.05, 0) is 30.7 Å². The van der Waals surface area contributed by atoms with E-state index in [1.54, 1.807) is 12.0 Å². The van der Waals surface area contributed by atoms with Gasteiger partial charge in [0.25, 0.3) is 5.91 Å². The van der Waals surface area contributed by atoms with E-state index in [4.69, 9.17) is 9.15 Å². The number of para-hydroxylation sites is 3. The number of rotatable bonds is 7. The molecule has 0 saturated carbocycles. The minimum atomic E-state index is -0.202. The fraction of sp³-hybridized carbons (Fsp3) is 0.360. The summed E-state index contributed by atoms with van der Waals surface area (Å²) >= 11 is 0. The van der Waals surface area contributed by atoms with E-state index in [9.17, 15) is 9.59 Å². The molecular formula is C25H29N3O4. The van der Waals surface area contributed by atoms with E-state index >= 15 is 0 Å². The van der Waals surface area contributed by atoms with Gasteiger partial charge >= 0.3 is 0 Å². The van der Waals surface area contributed by atoms with Gasteiger partial charge in [0.2, 0.25) is 11.7 Å². The van der Waals surface area contributed by atoms with Crippen LogP contribution in [0, 0.1) is 0 Å². The molecule has 0 atom stereocenters. The van der Waals surface area contributed by atoms with Crippen LogP contribution in [0.3, 0.4) is 0 Å². The number of fused-ring (bicyclic) bond motifs is 1. The number of nitrogens with zero attached hydrogens (tertiary/aromatic N) is 2. The van der Waals surface area contributed by atoms with Gasteiger partial charge in [0, 0.05) is 38.0 Å². The van der Waals surface area contributed by atoms with Crippen molar-refractivity contribution in [3.05, 3.63) is 54.3 Å². The van der Waals surface area contributed by atoms with Gasteiger partial charge in [-0.3, -0.25) is 9.59 Å². The van der Waals surface area contributed by atoms with Crippen molar-refractivity contribution in [3.63, 3.8) is 0 Å². The molecule has 3 aromatic rings. The molecular weight excluding hydrogens is 406 g/mol. The molecule has 32 heavy (non-hydrogen) atoms. The second-order valence-corrected chi connectivity index (χ2v) is 7.91. The van der Waals surface area contributed by atoms with Crippen molar-refractivity contribution in [2.45, 2.75) is 26.2 Å². The van der Waals surface area contributed by atoms with E-state index in [1.165, 1.54) is 0 Å². The predicted octanol–water partition coefficient (Wildman–Crippen LogP) is 4.53. The van der Waals surface area contributed by atoms with Crippen LogP contribution in [0.4, 0.5) is 11.4 Å². The van der Waals surface area contributed by atoms with Crippen molar-refractivity contribution in [3.8, 4) is 5.75 Å². The number of hydrogen-bond donors (Lipinski definition) is 1. The number of methoxy groups -OCH3 is 1. The Kier molecular flexibility index (Phi) is 6.63. The minimum absolute atomic E-state index is 0.103. The molecule has 0 radical (unpaired) electrons. The smallest absolute Gasteiger partial charge is 0.291 e. The third kappa shape index (κ3) is 4.42. The normalized spacial score (nSPS) is 13.9. The molecule has 1 saturated heterocycles. The highest BCUT2D eigenvalue weighted by molar-refractivity contribution is 6.10. The van der Waals surface area contributed by atoms with Crippen molar-refractivity contribution in [2.24, 2.45) is 0 Å². The maximum atomic E-state index is 13.4. The van der Waals surface area contributed by atoms with Crippen LogP contribution in [0.5, 0.6) is 5.75 Å². The summed E-state index contributed by atoms with van der Waals surface area (Å²) < 4.78 is 11.4. The number of amides is 2. The van der Waals surface area contributed by atoms with Crippen LogP contribution in [0.2, 0.25) is 0 Å². The summed E-state index contributed by atoms with van der Waals surface area (Å²) in [6.07, 6.45) is 2.15. The van der Waals surface area contributed by atoms with E-state index in [0.717, 1.165) is 29.7 Å².